The molecule has 0 fully saturated rings. The van der Waals surface area contributed by atoms with Crippen LogP contribution in [-0.2, 0) is 12.0 Å². The van der Waals surface area contributed by atoms with Crippen LogP contribution in [0.25, 0.3) is 0 Å². The summed E-state index contributed by atoms with van der Waals surface area (Å²) in [4.78, 5) is 10.8. The number of aromatic nitrogens is 2. The second-order valence-corrected chi connectivity index (χ2v) is 6.79. The number of hydrogen-bond donors (Lipinski definition) is 1. The number of nitrogen functional groups attached to an aromatic ring is 1. The monoisotopic (exact) mass is 352 g/mol. The fourth-order valence-corrected chi connectivity index (χ4v) is 2.53. The Kier molecular flexibility index (Phi) is 4.04. The van der Waals surface area contributed by atoms with Crippen LogP contribution in [0.2, 0.25) is 0 Å². The van der Waals surface area contributed by atoms with Crippen LogP contribution in [0.1, 0.15) is 32.0 Å². The van der Waals surface area contributed by atoms with Crippen molar-refractivity contribution in [1.82, 2.24) is 9.78 Å². The Labute approximate surface area is 131 Å². The summed E-state index contributed by atoms with van der Waals surface area (Å²) < 4.78 is 2.43. The molecule has 1 aromatic carbocycles. The van der Waals surface area contributed by atoms with E-state index in [9.17, 15) is 10.1 Å². The summed E-state index contributed by atoms with van der Waals surface area (Å²) in [7, 11) is 0. The van der Waals surface area contributed by atoms with Crippen LogP contribution < -0.4 is 5.73 Å². The highest BCUT2D eigenvalue weighted by Crippen LogP contribution is 2.35. The van der Waals surface area contributed by atoms with Crippen molar-refractivity contribution in [3.8, 4) is 0 Å². The van der Waals surface area contributed by atoms with Crippen LogP contribution in [0.4, 0.5) is 11.5 Å². The first-order valence-electron chi connectivity index (χ1n) is 6.45. The maximum absolute atomic E-state index is 11.3. The third-order valence-electron chi connectivity index (χ3n) is 3.08. The first-order chi connectivity index (χ1) is 9.70. The van der Waals surface area contributed by atoms with Gasteiger partial charge >= 0.3 is 5.69 Å². The Morgan fingerprint density at radius 1 is 1.43 bits per heavy atom. The molecule has 112 valence electrons. The van der Waals surface area contributed by atoms with Crippen molar-refractivity contribution in [3.05, 3.63) is 50.1 Å². The van der Waals surface area contributed by atoms with Gasteiger partial charge in [-0.15, -0.1) is 0 Å². The predicted octanol–water partition coefficient (Wildman–Crippen LogP) is 3.48. The molecule has 2 aromatic rings. The van der Waals surface area contributed by atoms with E-state index < -0.39 is 10.3 Å². The van der Waals surface area contributed by atoms with E-state index in [1.54, 1.807) is 0 Å². The molecular weight excluding hydrogens is 336 g/mol. The number of nitro groups is 1. The lowest BCUT2D eigenvalue weighted by Crippen LogP contribution is -2.14. The number of hydrogen-bond acceptors (Lipinski definition) is 4. The van der Waals surface area contributed by atoms with E-state index in [0.29, 0.717) is 12.2 Å². The van der Waals surface area contributed by atoms with Gasteiger partial charge in [0.05, 0.1) is 11.5 Å². The van der Waals surface area contributed by atoms with Gasteiger partial charge in [-0.1, -0.05) is 48.8 Å². The van der Waals surface area contributed by atoms with E-state index in [2.05, 4.69) is 21.0 Å². The predicted molar refractivity (Wildman–Crippen MR) is 85.2 cm³/mol. The van der Waals surface area contributed by atoms with E-state index in [0.717, 1.165) is 10.0 Å². The van der Waals surface area contributed by atoms with Gasteiger partial charge in [-0.3, -0.25) is 10.1 Å². The summed E-state index contributed by atoms with van der Waals surface area (Å²) in [6, 6.07) is 7.68. The van der Waals surface area contributed by atoms with Crippen LogP contribution in [0.15, 0.2) is 28.7 Å². The highest BCUT2D eigenvalue weighted by molar-refractivity contribution is 9.10. The number of benzene rings is 1. The fourth-order valence-electron chi connectivity index (χ4n) is 2.08. The van der Waals surface area contributed by atoms with Crippen LogP contribution in [0, 0.1) is 10.1 Å². The third kappa shape index (κ3) is 3.24. The first-order valence-corrected chi connectivity index (χ1v) is 7.25. The minimum absolute atomic E-state index is 0.0879. The topological polar surface area (TPSA) is 87.0 Å². The molecule has 2 rings (SSSR count). The summed E-state index contributed by atoms with van der Waals surface area (Å²) in [5, 5.41) is 15.6. The molecule has 0 aliphatic rings. The summed E-state index contributed by atoms with van der Waals surface area (Å²) in [5.74, 6) is 0.0879. The van der Waals surface area contributed by atoms with Crippen molar-refractivity contribution >= 4 is 27.4 Å². The largest absolute Gasteiger partial charge is 0.378 e. The molecule has 2 N–H and O–H groups in total. The quantitative estimate of drug-likeness (QED) is 0.676. The van der Waals surface area contributed by atoms with E-state index in [-0.39, 0.29) is 11.5 Å². The van der Waals surface area contributed by atoms with Gasteiger partial charge in [-0.2, -0.15) is 5.10 Å². The molecule has 0 spiro atoms. The zero-order valence-electron chi connectivity index (χ0n) is 12.1. The van der Waals surface area contributed by atoms with E-state index >= 15 is 0 Å². The number of anilines is 1. The SMILES string of the molecule is CC(C)(C)c1nn(Cc2cccc(Br)c2)c(N)c1[N+](=O)[O-]. The van der Waals surface area contributed by atoms with Crippen molar-refractivity contribution in [3.63, 3.8) is 0 Å². The summed E-state index contributed by atoms with van der Waals surface area (Å²) in [6.45, 7) is 6.03. The van der Waals surface area contributed by atoms with Gasteiger partial charge in [0.25, 0.3) is 0 Å². The normalized spacial score (nSPS) is 11.6. The highest BCUT2D eigenvalue weighted by atomic mass is 79.9. The molecule has 0 saturated heterocycles. The molecule has 0 aliphatic heterocycles. The van der Waals surface area contributed by atoms with E-state index in [1.165, 1.54) is 4.68 Å². The summed E-state index contributed by atoms with van der Waals surface area (Å²) >= 11 is 3.40. The van der Waals surface area contributed by atoms with Crippen molar-refractivity contribution in [2.24, 2.45) is 0 Å². The van der Waals surface area contributed by atoms with Crippen LogP contribution in [0.3, 0.4) is 0 Å². The Morgan fingerprint density at radius 2 is 2.10 bits per heavy atom. The van der Waals surface area contributed by atoms with Crippen LogP contribution in [-0.4, -0.2) is 14.7 Å². The molecule has 1 heterocycles. The molecule has 0 bridgehead atoms. The van der Waals surface area contributed by atoms with Gasteiger partial charge in [0.15, 0.2) is 0 Å². The first kappa shape index (κ1) is 15.5. The molecule has 0 unspecified atom stereocenters. The molecule has 0 aliphatic carbocycles. The van der Waals surface area contributed by atoms with Crippen molar-refractivity contribution in [2.45, 2.75) is 32.7 Å². The van der Waals surface area contributed by atoms with Gasteiger partial charge < -0.3 is 5.73 Å². The molecular formula is C14H17BrN4O2. The third-order valence-corrected chi connectivity index (χ3v) is 3.57. The van der Waals surface area contributed by atoms with Gasteiger partial charge in [-0.25, -0.2) is 4.68 Å². The molecule has 6 nitrogen and oxygen atoms in total. The van der Waals surface area contributed by atoms with Gasteiger partial charge in [-0.05, 0) is 17.7 Å². The average molecular weight is 353 g/mol. The van der Waals surface area contributed by atoms with Gasteiger partial charge in [0, 0.05) is 9.89 Å². The smallest absolute Gasteiger partial charge is 0.334 e. The van der Waals surface area contributed by atoms with Gasteiger partial charge in [0.2, 0.25) is 5.82 Å². The van der Waals surface area contributed by atoms with Crippen molar-refractivity contribution in [1.29, 1.82) is 0 Å². The Bertz CT molecular complexity index is 689. The molecule has 21 heavy (non-hydrogen) atoms. The lowest BCUT2D eigenvalue weighted by Gasteiger charge is -2.13. The molecule has 7 heteroatoms. The van der Waals surface area contributed by atoms with Crippen LogP contribution in [0.5, 0.6) is 0 Å². The number of nitrogens with two attached hydrogens (primary N) is 1. The molecule has 0 atom stereocenters. The Hall–Kier alpha value is -1.89. The summed E-state index contributed by atoms with van der Waals surface area (Å²) in [6.07, 6.45) is 0. The van der Waals surface area contributed by atoms with E-state index in [4.69, 9.17) is 5.73 Å². The van der Waals surface area contributed by atoms with E-state index in [1.807, 2.05) is 45.0 Å². The Morgan fingerprint density at radius 3 is 2.57 bits per heavy atom. The average Bonchev–Trinajstić information content (AvgIpc) is 2.67. The zero-order valence-corrected chi connectivity index (χ0v) is 13.7. The second-order valence-electron chi connectivity index (χ2n) is 5.88. The zero-order chi connectivity index (χ0) is 15.8. The number of nitrogens with zero attached hydrogens (tertiary/aromatic N) is 3. The minimum Gasteiger partial charge on any atom is -0.378 e. The lowest BCUT2D eigenvalue weighted by molar-refractivity contribution is -0.385. The number of rotatable bonds is 3. The van der Waals surface area contributed by atoms with Crippen molar-refractivity contribution < 1.29 is 4.92 Å². The molecule has 0 radical (unpaired) electrons. The Balaban J connectivity index is 2.48. The maximum Gasteiger partial charge on any atom is 0.334 e. The number of halogens is 1. The van der Waals surface area contributed by atoms with Crippen LogP contribution >= 0.6 is 15.9 Å². The molecule has 0 amide bonds. The molecule has 0 saturated carbocycles. The minimum atomic E-state index is -0.458. The standard InChI is InChI=1S/C14H17BrN4O2/c1-14(2,3)12-11(19(20)21)13(16)18(17-12)8-9-5-4-6-10(15)7-9/h4-7H,8,16H2,1-3H3. The summed E-state index contributed by atoms with van der Waals surface area (Å²) in [5.41, 5.74) is 6.76. The van der Waals surface area contributed by atoms with Crippen molar-refractivity contribution in [2.75, 3.05) is 5.73 Å². The maximum atomic E-state index is 11.3. The van der Waals surface area contributed by atoms with Gasteiger partial charge in [0.1, 0.15) is 5.69 Å². The molecule has 1 aromatic heterocycles. The lowest BCUT2D eigenvalue weighted by atomic mass is 9.91. The fraction of sp³-hybridized carbons (Fsp3) is 0.357. The highest BCUT2D eigenvalue weighted by Gasteiger charge is 2.33. The second kappa shape index (κ2) is 5.48.